The molecule has 1 aliphatic heterocycles. The first-order valence-corrected chi connectivity index (χ1v) is 8.34. The van der Waals surface area contributed by atoms with Crippen molar-refractivity contribution in [3.8, 4) is 0 Å². The Labute approximate surface area is 151 Å². The number of aliphatic carboxylic acids is 1. The molecule has 0 bridgehead atoms. The molecule has 6 nitrogen and oxygen atoms in total. The van der Waals surface area contributed by atoms with E-state index in [2.05, 4.69) is 5.32 Å². The van der Waals surface area contributed by atoms with Crippen LogP contribution in [0.25, 0.3) is 0 Å². The van der Waals surface area contributed by atoms with Crippen LogP contribution in [0.5, 0.6) is 0 Å². The van der Waals surface area contributed by atoms with Crippen LogP contribution in [0.3, 0.4) is 0 Å². The predicted octanol–water partition coefficient (Wildman–Crippen LogP) is 1.73. The van der Waals surface area contributed by atoms with Crippen LogP contribution >= 0.6 is 0 Å². The summed E-state index contributed by atoms with van der Waals surface area (Å²) in [7, 11) is 1.70. The quantitative estimate of drug-likeness (QED) is 0.829. The van der Waals surface area contributed by atoms with E-state index in [1.807, 2.05) is 54.6 Å². The van der Waals surface area contributed by atoms with Gasteiger partial charge in [-0.2, -0.15) is 0 Å². The summed E-state index contributed by atoms with van der Waals surface area (Å²) >= 11 is 0. The third-order valence-electron chi connectivity index (χ3n) is 4.74. The molecule has 0 aromatic heterocycles. The largest absolute Gasteiger partial charge is 0.480 e. The van der Waals surface area contributed by atoms with E-state index in [-0.39, 0.29) is 12.3 Å². The van der Waals surface area contributed by atoms with Crippen molar-refractivity contribution in [1.29, 1.82) is 0 Å². The van der Waals surface area contributed by atoms with E-state index < -0.39 is 23.8 Å². The molecule has 0 radical (unpaired) electrons. The second-order valence-electron chi connectivity index (χ2n) is 6.47. The Kier molecular flexibility index (Phi) is 4.75. The zero-order valence-electron chi connectivity index (χ0n) is 14.4. The summed E-state index contributed by atoms with van der Waals surface area (Å²) in [5.41, 5.74) is 1.47. The number of amides is 2. The molecule has 1 atom stereocenters. The summed E-state index contributed by atoms with van der Waals surface area (Å²) < 4.78 is 0. The van der Waals surface area contributed by atoms with Crippen molar-refractivity contribution in [2.75, 3.05) is 18.5 Å². The summed E-state index contributed by atoms with van der Waals surface area (Å²) in [5, 5.41) is 11.2. The van der Waals surface area contributed by atoms with Gasteiger partial charge in [0.25, 0.3) is 0 Å². The van der Waals surface area contributed by atoms with Gasteiger partial charge in [-0.1, -0.05) is 48.5 Å². The maximum absolute atomic E-state index is 13.2. The lowest BCUT2D eigenvalue weighted by molar-refractivity contribution is -0.138. The number of anilines is 1. The van der Waals surface area contributed by atoms with Crippen LogP contribution in [0.1, 0.15) is 17.5 Å². The highest BCUT2D eigenvalue weighted by atomic mass is 16.4. The monoisotopic (exact) mass is 352 g/mol. The third-order valence-corrected chi connectivity index (χ3v) is 4.74. The number of carboxylic acids is 1. The van der Waals surface area contributed by atoms with Gasteiger partial charge < -0.3 is 15.3 Å². The molecular formula is C20H20N2O4. The maximum Gasteiger partial charge on any atom is 0.322 e. The lowest BCUT2D eigenvalue weighted by Crippen LogP contribution is -2.45. The van der Waals surface area contributed by atoms with Gasteiger partial charge >= 0.3 is 5.97 Å². The molecule has 2 N–H and O–H groups in total. The molecule has 0 spiro atoms. The fraction of sp³-hybridized carbons (Fsp3) is 0.250. The number of rotatable bonds is 6. The van der Waals surface area contributed by atoms with Crippen molar-refractivity contribution in [2.24, 2.45) is 0 Å². The first-order valence-electron chi connectivity index (χ1n) is 8.34. The van der Waals surface area contributed by atoms with Crippen molar-refractivity contribution < 1.29 is 19.5 Å². The molecule has 2 aromatic carbocycles. The van der Waals surface area contributed by atoms with Crippen LogP contribution in [-0.4, -0.2) is 36.5 Å². The Morgan fingerprint density at radius 3 is 2.42 bits per heavy atom. The van der Waals surface area contributed by atoms with Crippen LogP contribution in [0.4, 0.5) is 5.69 Å². The van der Waals surface area contributed by atoms with E-state index in [1.165, 1.54) is 0 Å². The van der Waals surface area contributed by atoms with Gasteiger partial charge in [0.05, 0.1) is 5.41 Å². The Morgan fingerprint density at radius 1 is 1.08 bits per heavy atom. The van der Waals surface area contributed by atoms with Gasteiger partial charge in [0, 0.05) is 19.2 Å². The second kappa shape index (κ2) is 7.00. The Balaban J connectivity index is 2.01. The molecule has 26 heavy (non-hydrogen) atoms. The number of carbonyl (C=O) groups excluding carboxylic acids is 2. The van der Waals surface area contributed by atoms with Gasteiger partial charge in [-0.05, 0) is 23.6 Å². The topological polar surface area (TPSA) is 86.7 Å². The molecule has 0 saturated heterocycles. The molecule has 6 heteroatoms. The Bertz CT molecular complexity index is 850. The fourth-order valence-electron chi connectivity index (χ4n) is 3.58. The summed E-state index contributed by atoms with van der Waals surface area (Å²) in [4.78, 5) is 37.9. The van der Waals surface area contributed by atoms with Crippen molar-refractivity contribution in [3.63, 3.8) is 0 Å². The molecule has 0 aliphatic carbocycles. The number of hydrogen-bond acceptors (Lipinski definition) is 3. The molecule has 0 fully saturated rings. The van der Waals surface area contributed by atoms with Crippen LogP contribution < -0.4 is 10.2 Å². The molecule has 134 valence electrons. The van der Waals surface area contributed by atoms with Crippen LogP contribution in [0.15, 0.2) is 54.6 Å². The van der Waals surface area contributed by atoms with Crippen LogP contribution in [0.2, 0.25) is 0 Å². The first-order chi connectivity index (χ1) is 12.4. The molecule has 0 saturated carbocycles. The van der Waals surface area contributed by atoms with Crippen molar-refractivity contribution in [2.45, 2.75) is 18.3 Å². The highest BCUT2D eigenvalue weighted by Crippen LogP contribution is 2.45. The van der Waals surface area contributed by atoms with Gasteiger partial charge in [-0.15, -0.1) is 0 Å². The zero-order chi connectivity index (χ0) is 18.7. The van der Waals surface area contributed by atoms with Gasteiger partial charge in [0.2, 0.25) is 11.8 Å². The molecule has 3 rings (SSSR count). The maximum atomic E-state index is 13.2. The summed E-state index contributed by atoms with van der Waals surface area (Å²) in [6.45, 7) is -0.466. The predicted molar refractivity (Wildman–Crippen MR) is 96.9 cm³/mol. The minimum absolute atomic E-state index is 0.102. The lowest BCUT2D eigenvalue weighted by atomic mass is 9.73. The van der Waals surface area contributed by atoms with Gasteiger partial charge in [0.15, 0.2) is 0 Å². The average molecular weight is 352 g/mol. The smallest absolute Gasteiger partial charge is 0.322 e. The number of nitrogens with zero attached hydrogens (tertiary/aromatic N) is 1. The molecular weight excluding hydrogens is 332 g/mol. The molecule has 0 unspecified atom stereocenters. The summed E-state index contributed by atoms with van der Waals surface area (Å²) in [6.07, 6.45) is 0.268. The highest BCUT2D eigenvalue weighted by molar-refractivity contribution is 6.10. The molecule has 1 heterocycles. The van der Waals surface area contributed by atoms with Crippen LogP contribution in [0, 0.1) is 0 Å². The zero-order valence-corrected chi connectivity index (χ0v) is 14.4. The minimum Gasteiger partial charge on any atom is -0.480 e. The van der Waals surface area contributed by atoms with Gasteiger partial charge in [0.1, 0.15) is 6.54 Å². The molecule has 2 aromatic rings. The van der Waals surface area contributed by atoms with E-state index in [0.717, 1.165) is 16.8 Å². The Hall–Kier alpha value is -3.15. The van der Waals surface area contributed by atoms with E-state index in [9.17, 15) is 14.4 Å². The first kappa shape index (κ1) is 17.7. The van der Waals surface area contributed by atoms with Crippen molar-refractivity contribution >= 4 is 23.5 Å². The normalized spacial score (nSPS) is 18.5. The van der Waals surface area contributed by atoms with Gasteiger partial charge in [-0.3, -0.25) is 14.4 Å². The van der Waals surface area contributed by atoms with Crippen LogP contribution in [-0.2, 0) is 26.2 Å². The second-order valence-corrected chi connectivity index (χ2v) is 6.47. The number of fused-ring (bicyclic) bond motifs is 1. The lowest BCUT2D eigenvalue weighted by Gasteiger charge is -2.28. The Morgan fingerprint density at radius 2 is 1.73 bits per heavy atom. The van der Waals surface area contributed by atoms with E-state index in [4.69, 9.17) is 5.11 Å². The molecule has 2 amide bonds. The van der Waals surface area contributed by atoms with E-state index in [0.29, 0.717) is 6.42 Å². The van der Waals surface area contributed by atoms with Crippen molar-refractivity contribution in [3.05, 3.63) is 65.7 Å². The van der Waals surface area contributed by atoms with E-state index in [1.54, 1.807) is 11.9 Å². The standard InChI is InChI=1S/C20H20N2O4/c1-22-16-10-6-5-9-15(16)20(19(22)26,11-14-7-3-2-4-8-14)12-17(23)21-13-18(24)25/h2-10H,11-13H2,1H3,(H,21,23)(H,24,25)/t20-/m0/s1. The average Bonchev–Trinajstić information content (AvgIpc) is 2.84. The fourth-order valence-corrected chi connectivity index (χ4v) is 3.58. The van der Waals surface area contributed by atoms with Gasteiger partial charge in [-0.25, -0.2) is 0 Å². The molecule has 1 aliphatic rings. The summed E-state index contributed by atoms with van der Waals surface area (Å²) in [6, 6.07) is 16.9. The summed E-state index contributed by atoms with van der Waals surface area (Å²) in [5.74, 6) is -1.74. The number of benzene rings is 2. The number of nitrogens with one attached hydrogen (secondary N) is 1. The number of hydrogen-bond donors (Lipinski definition) is 2. The third kappa shape index (κ3) is 3.18. The number of carboxylic acid groups (broad SMARTS) is 1. The van der Waals surface area contributed by atoms with E-state index >= 15 is 0 Å². The highest BCUT2D eigenvalue weighted by Gasteiger charge is 2.50. The SMILES string of the molecule is CN1C(=O)[C@](CC(=O)NCC(=O)O)(Cc2ccccc2)c2ccccc21. The van der Waals surface area contributed by atoms with Crippen molar-refractivity contribution in [1.82, 2.24) is 5.32 Å². The number of likely N-dealkylation sites (N-methyl/N-ethyl adjacent to an activating group) is 1. The number of para-hydroxylation sites is 1. The minimum atomic E-state index is -1.12. The number of carbonyl (C=O) groups is 3.